The number of guanidine groups is 1. The molecule has 6 heteroatoms. The fraction of sp³-hybridized carbons (Fsp3) is 0.682. The van der Waals surface area contributed by atoms with Crippen LogP contribution < -0.4 is 10.6 Å². The van der Waals surface area contributed by atoms with E-state index >= 15 is 0 Å². The third kappa shape index (κ3) is 8.84. The normalized spacial score (nSPS) is 16.9. The molecule has 2 N–H and O–H groups in total. The summed E-state index contributed by atoms with van der Waals surface area (Å²) >= 11 is 1.87. The van der Waals surface area contributed by atoms with Crippen LogP contribution in [-0.4, -0.2) is 79.6 Å². The second kappa shape index (κ2) is 12.3. The van der Waals surface area contributed by atoms with Gasteiger partial charge in [0.1, 0.15) is 0 Å². The molecule has 28 heavy (non-hydrogen) atoms. The van der Waals surface area contributed by atoms with E-state index in [0.717, 1.165) is 25.6 Å². The van der Waals surface area contributed by atoms with Gasteiger partial charge in [0.05, 0.1) is 0 Å². The quantitative estimate of drug-likeness (QED) is 0.356. The van der Waals surface area contributed by atoms with E-state index in [2.05, 4.69) is 75.9 Å². The minimum atomic E-state index is 0.222. The minimum absolute atomic E-state index is 0.222. The summed E-state index contributed by atoms with van der Waals surface area (Å²) in [4.78, 5) is 9.50. The molecule has 2 rings (SSSR count). The van der Waals surface area contributed by atoms with Crippen LogP contribution in [0.15, 0.2) is 35.3 Å². The zero-order valence-electron chi connectivity index (χ0n) is 18.2. The van der Waals surface area contributed by atoms with E-state index in [9.17, 15) is 0 Å². The van der Waals surface area contributed by atoms with Crippen LogP contribution in [0.4, 0.5) is 0 Å². The molecule has 1 aromatic carbocycles. The zero-order valence-corrected chi connectivity index (χ0v) is 19.0. The monoisotopic (exact) mass is 405 g/mol. The molecule has 0 saturated carbocycles. The first-order chi connectivity index (χ1) is 13.5. The predicted molar refractivity (Wildman–Crippen MR) is 124 cm³/mol. The standard InChI is InChI=1S/C22H39N5S/c1-22(2,28-4)19-25-21(23-3)24-12-8-9-13-26-14-16-27(17-15-26)18-20-10-6-5-7-11-20/h5-7,10-11H,8-9,12-19H2,1-4H3,(H2,23,24,25). The summed E-state index contributed by atoms with van der Waals surface area (Å²) in [6.45, 7) is 13.4. The van der Waals surface area contributed by atoms with Gasteiger partial charge in [0.2, 0.25) is 0 Å². The van der Waals surface area contributed by atoms with Crippen molar-refractivity contribution in [2.75, 3.05) is 59.1 Å². The number of aliphatic imine (C=N–C) groups is 1. The number of piperazine rings is 1. The molecule has 0 bridgehead atoms. The molecule has 0 unspecified atom stereocenters. The molecule has 1 aliphatic heterocycles. The van der Waals surface area contributed by atoms with Crippen molar-refractivity contribution < 1.29 is 0 Å². The van der Waals surface area contributed by atoms with Gasteiger partial charge in [-0.25, -0.2) is 0 Å². The van der Waals surface area contributed by atoms with Gasteiger partial charge in [0.25, 0.3) is 0 Å². The van der Waals surface area contributed by atoms with Crippen LogP contribution >= 0.6 is 11.8 Å². The molecule has 1 heterocycles. The van der Waals surface area contributed by atoms with Crippen molar-refractivity contribution in [3.63, 3.8) is 0 Å². The van der Waals surface area contributed by atoms with Crippen molar-refractivity contribution in [3.8, 4) is 0 Å². The minimum Gasteiger partial charge on any atom is -0.356 e. The maximum atomic E-state index is 4.32. The molecule has 1 aromatic rings. The van der Waals surface area contributed by atoms with Crippen molar-refractivity contribution in [2.24, 2.45) is 4.99 Å². The summed E-state index contributed by atoms with van der Waals surface area (Å²) in [6, 6.07) is 10.8. The lowest BCUT2D eigenvalue weighted by molar-refractivity contribution is 0.126. The summed E-state index contributed by atoms with van der Waals surface area (Å²) in [5.74, 6) is 0.914. The number of benzene rings is 1. The van der Waals surface area contributed by atoms with Gasteiger partial charge in [0.15, 0.2) is 5.96 Å². The van der Waals surface area contributed by atoms with E-state index in [0.29, 0.717) is 0 Å². The SMILES string of the molecule is CN=C(NCCCCN1CCN(Cc2ccccc2)CC1)NCC(C)(C)SC. The summed E-state index contributed by atoms with van der Waals surface area (Å²) in [5.41, 5.74) is 1.42. The molecule has 1 aliphatic rings. The van der Waals surface area contributed by atoms with Crippen LogP contribution in [0, 0.1) is 0 Å². The molecule has 5 nitrogen and oxygen atoms in total. The Bertz CT molecular complexity index is 568. The Morgan fingerprint density at radius 3 is 2.36 bits per heavy atom. The molecule has 0 aromatic heterocycles. The summed E-state index contributed by atoms with van der Waals surface area (Å²) < 4.78 is 0.222. The smallest absolute Gasteiger partial charge is 0.191 e. The summed E-state index contributed by atoms with van der Waals surface area (Å²) in [5, 5.41) is 6.87. The first kappa shape index (κ1) is 23.0. The average Bonchev–Trinajstić information content (AvgIpc) is 2.72. The topological polar surface area (TPSA) is 42.9 Å². The lowest BCUT2D eigenvalue weighted by atomic mass is 10.2. The van der Waals surface area contributed by atoms with Crippen LogP contribution in [0.2, 0.25) is 0 Å². The van der Waals surface area contributed by atoms with E-state index in [1.54, 1.807) is 0 Å². The van der Waals surface area contributed by atoms with E-state index < -0.39 is 0 Å². The van der Waals surface area contributed by atoms with Crippen LogP contribution in [0.5, 0.6) is 0 Å². The van der Waals surface area contributed by atoms with Crippen molar-refractivity contribution in [2.45, 2.75) is 38.0 Å². The lowest BCUT2D eigenvalue weighted by Gasteiger charge is -2.34. The van der Waals surface area contributed by atoms with E-state index in [1.807, 2.05) is 18.8 Å². The third-order valence-electron chi connectivity index (χ3n) is 5.37. The highest BCUT2D eigenvalue weighted by molar-refractivity contribution is 7.99. The molecular formula is C22H39N5S. The second-order valence-corrected chi connectivity index (χ2v) is 9.64. The Hall–Kier alpha value is -1.24. The number of nitrogens with one attached hydrogen (secondary N) is 2. The molecule has 0 amide bonds. The highest BCUT2D eigenvalue weighted by Gasteiger charge is 2.17. The molecular weight excluding hydrogens is 366 g/mol. The van der Waals surface area contributed by atoms with Crippen molar-refractivity contribution in [1.82, 2.24) is 20.4 Å². The number of hydrogen-bond acceptors (Lipinski definition) is 4. The Kier molecular flexibility index (Phi) is 10.2. The Morgan fingerprint density at radius 2 is 1.71 bits per heavy atom. The molecule has 1 saturated heterocycles. The number of hydrogen-bond donors (Lipinski definition) is 2. The van der Waals surface area contributed by atoms with E-state index in [1.165, 1.54) is 51.1 Å². The lowest BCUT2D eigenvalue weighted by Crippen LogP contribution is -2.46. The Morgan fingerprint density at radius 1 is 1.04 bits per heavy atom. The van der Waals surface area contributed by atoms with Crippen LogP contribution in [-0.2, 0) is 6.54 Å². The Labute approximate surface area is 176 Å². The van der Waals surface area contributed by atoms with Crippen molar-refractivity contribution >= 4 is 17.7 Å². The summed E-state index contributed by atoms with van der Waals surface area (Å²) in [6.07, 6.45) is 4.56. The van der Waals surface area contributed by atoms with Gasteiger partial charge in [-0.15, -0.1) is 0 Å². The highest BCUT2D eigenvalue weighted by atomic mass is 32.2. The van der Waals surface area contributed by atoms with Crippen LogP contribution in [0.25, 0.3) is 0 Å². The van der Waals surface area contributed by atoms with Gasteiger partial charge >= 0.3 is 0 Å². The third-order valence-corrected chi connectivity index (χ3v) is 6.61. The first-order valence-corrected chi connectivity index (χ1v) is 11.7. The van der Waals surface area contributed by atoms with Gasteiger partial charge in [-0.05, 0) is 45.1 Å². The fourth-order valence-electron chi connectivity index (χ4n) is 3.27. The number of unbranched alkanes of at least 4 members (excludes halogenated alkanes) is 1. The molecule has 0 atom stereocenters. The van der Waals surface area contributed by atoms with E-state index in [-0.39, 0.29) is 4.75 Å². The fourth-order valence-corrected chi connectivity index (χ4v) is 3.49. The highest BCUT2D eigenvalue weighted by Crippen LogP contribution is 2.19. The van der Waals surface area contributed by atoms with Crippen LogP contribution in [0.3, 0.4) is 0 Å². The number of nitrogens with zero attached hydrogens (tertiary/aromatic N) is 3. The first-order valence-electron chi connectivity index (χ1n) is 10.5. The largest absolute Gasteiger partial charge is 0.356 e. The average molecular weight is 406 g/mol. The number of thioether (sulfide) groups is 1. The maximum Gasteiger partial charge on any atom is 0.191 e. The number of rotatable bonds is 10. The summed E-state index contributed by atoms with van der Waals surface area (Å²) in [7, 11) is 1.84. The van der Waals surface area contributed by atoms with Gasteiger partial charge in [-0.3, -0.25) is 9.89 Å². The predicted octanol–water partition coefficient (Wildman–Crippen LogP) is 2.89. The molecule has 0 spiro atoms. The van der Waals surface area contributed by atoms with E-state index in [4.69, 9.17) is 0 Å². The van der Waals surface area contributed by atoms with Crippen LogP contribution in [0.1, 0.15) is 32.3 Å². The Balaban J connectivity index is 1.53. The molecule has 0 aliphatic carbocycles. The maximum absolute atomic E-state index is 4.32. The van der Waals surface area contributed by atoms with Gasteiger partial charge in [-0.1, -0.05) is 30.3 Å². The van der Waals surface area contributed by atoms with Gasteiger partial charge < -0.3 is 15.5 Å². The van der Waals surface area contributed by atoms with Crippen molar-refractivity contribution in [1.29, 1.82) is 0 Å². The van der Waals surface area contributed by atoms with Crippen molar-refractivity contribution in [3.05, 3.63) is 35.9 Å². The molecule has 0 radical (unpaired) electrons. The van der Waals surface area contributed by atoms with Gasteiger partial charge in [-0.2, -0.15) is 11.8 Å². The zero-order chi connectivity index (χ0) is 20.2. The molecule has 1 fully saturated rings. The molecule has 158 valence electrons. The second-order valence-electron chi connectivity index (χ2n) is 8.13. The van der Waals surface area contributed by atoms with Gasteiger partial charge in [0, 0.05) is 57.6 Å².